The van der Waals surface area contributed by atoms with Crippen molar-refractivity contribution >= 4 is 46.1 Å². The highest BCUT2D eigenvalue weighted by molar-refractivity contribution is 14.1. The molecule has 0 unspecified atom stereocenters. The molecule has 0 bridgehead atoms. The van der Waals surface area contributed by atoms with Crippen molar-refractivity contribution in [2.24, 2.45) is 5.10 Å². The predicted molar refractivity (Wildman–Crippen MR) is 134 cm³/mol. The first kappa shape index (κ1) is 24.0. The van der Waals surface area contributed by atoms with Gasteiger partial charge in [-0.2, -0.15) is 5.10 Å². The Bertz CT molecular complexity index is 1180. The van der Waals surface area contributed by atoms with Crippen molar-refractivity contribution in [3.05, 3.63) is 91.0 Å². The van der Waals surface area contributed by atoms with E-state index in [2.05, 4.69) is 33.1 Å². The van der Waals surface area contributed by atoms with Crippen LogP contribution in [-0.4, -0.2) is 23.7 Å². The van der Waals surface area contributed by atoms with Crippen LogP contribution >= 0.6 is 22.6 Å². The molecule has 0 aliphatic rings. The molecule has 3 aromatic carbocycles. The number of nitrogens with two attached hydrogens (primary N) is 1. The van der Waals surface area contributed by atoms with Crippen LogP contribution in [-0.2, 0) is 6.61 Å². The molecule has 0 spiro atoms. The van der Waals surface area contributed by atoms with E-state index in [1.807, 2.05) is 13.0 Å². The maximum atomic E-state index is 12.2. The van der Waals surface area contributed by atoms with Gasteiger partial charge in [0.25, 0.3) is 11.6 Å². The summed E-state index contributed by atoms with van der Waals surface area (Å²) in [4.78, 5) is 22.6. The number of carbonyl (C=O) groups is 1. The number of ether oxygens (including phenoxy) is 2. The van der Waals surface area contributed by atoms with Crippen LogP contribution < -0.4 is 20.6 Å². The maximum Gasteiger partial charge on any atom is 0.273 e. The first-order valence-corrected chi connectivity index (χ1v) is 11.0. The molecule has 0 saturated carbocycles. The third-order valence-corrected chi connectivity index (χ3v) is 5.25. The van der Waals surface area contributed by atoms with Crippen LogP contribution in [0.4, 0.5) is 11.4 Å². The van der Waals surface area contributed by atoms with Gasteiger partial charge in [0.2, 0.25) is 0 Å². The second-order valence-electron chi connectivity index (χ2n) is 6.76. The molecule has 0 aliphatic carbocycles. The monoisotopic (exact) mass is 560 g/mol. The number of non-ortho nitro benzene ring substituents is 1. The number of hydrogen-bond donors (Lipinski definition) is 2. The van der Waals surface area contributed by atoms with Crippen LogP contribution in [0.25, 0.3) is 0 Å². The zero-order valence-electron chi connectivity index (χ0n) is 17.7. The van der Waals surface area contributed by atoms with E-state index in [0.717, 1.165) is 9.13 Å². The number of nitrogens with one attached hydrogen (secondary N) is 1. The molecule has 0 radical (unpaired) electrons. The summed E-state index contributed by atoms with van der Waals surface area (Å²) in [6.07, 6.45) is 1.50. The van der Waals surface area contributed by atoms with Crippen molar-refractivity contribution in [1.82, 2.24) is 5.43 Å². The molecule has 0 fully saturated rings. The molecular weight excluding hydrogens is 539 g/mol. The van der Waals surface area contributed by atoms with E-state index >= 15 is 0 Å². The number of carbonyl (C=O) groups excluding carboxylic acids is 1. The van der Waals surface area contributed by atoms with Crippen LogP contribution in [0.2, 0.25) is 0 Å². The molecule has 3 N–H and O–H groups in total. The van der Waals surface area contributed by atoms with Crippen LogP contribution in [0.3, 0.4) is 0 Å². The fourth-order valence-corrected chi connectivity index (χ4v) is 3.65. The Morgan fingerprint density at radius 3 is 2.58 bits per heavy atom. The van der Waals surface area contributed by atoms with Gasteiger partial charge >= 0.3 is 0 Å². The van der Waals surface area contributed by atoms with Gasteiger partial charge in [0, 0.05) is 17.8 Å². The minimum absolute atomic E-state index is 0.0222. The summed E-state index contributed by atoms with van der Waals surface area (Å²) in [6.45, 7) is 2.50. The predicted octanol–water partition coefficient (Wildman–Crippen LogP) is 4.52. The SMILES string of the molecule is CCOc1cc(/C=N\NC(=O)c2ccccc2N)cc(I)c1OCc1ccc([N+](=O)[O-])cc1. The first-order valence-electron chi connectivity index (χ1n) is 9.89. The molecule has 10 heteroatoms. The Morgan fingerprint density at radius 2 is 1.91 bits per heavy atom. The molecule has 3 aromatic rings. The van der Waals surface area contributed by atoms with Gasteiger partial charge in [-0.25, -0.2) is 5.43 Å². The molecule has 9 nitrogen and oxygen atoms in total. The van der Waals surface area contributed by atoms with E-state index in [9.17, 15) is 14.9 Å². The van der Waals surface area contributed by atoms with Gasteiger partial charge in [0.05, 0.1) is 26.9 Å². The Labute approximate surface area is 203 Å². The maximum absolute atomic E-state index is 12.2. The summed E-state index contributed by atoms with van der Waals surface area (Å²) in [7, 11) is 0. The van der Waals surface area contributed by atoms with E-state index in [1.165, 1.54) is 18.3 Å². The Hall–Kier alpha value is -3.67. The highest BCUT2D eigenvalue weighted by Gasteiger charge is 2.13. The topological polar surface area (TPSA) is 129 Å². The molecule has 33 heavy (non-hydrogen) atoms. The van der Waals surface area contributed by atoms with Gasteiger partial charge in [-0.1, -0.05) is 12.1 Å². The lowest BCUT2D eigenvalue weighted by Crippen LogP contribution is -2.19. The zero-order chi connectivity index (χ0) is 23.8. The zero-order valence-corrected chi connectivity index (χ0v) is 19.8. The van der Waals surface area contributed by atoms with Crippen molar-refractivity contribution in [2.75, 3.05) is 12.3 Å². The normalized spacial score (nSPS) is 10.7. The molecule has 0 heterocycles. The lowest BCUT2D eigenvalue weighted by Gasteiger charge is -2.14. The van der Waals surface area contributed by atoms with Crippen LogP contribution in [0, 0.1) is 13.7 Å². The van der Waals surface area contributed by atoms with Gasteiger partial charge in [-0.15, -0.1) is 0 Å². The molecule has 3 rings (SSSR count). The second kappa shape index (κ2) is 11.3. The van der Waals surface area contributed by atoms with Gasteiger partial charge in [0.15, 0.2) is 11.5 Å². The molecule has 0 saturated heterocycles. The van der Waals surface area contributed by atoms with Crippen molar-refractivity contribution in [2.45, 2.75) is 13.5 Å². The Morgan fingerprint density at radius 1 is 1.18 bits per heavy atom. The lowest BCUT2D eigenvalue weighted by atomic mass is 10.2. The third-order valence-electron chi connectivity index (χ3n) is 4.45. The average Bonchev–Trinajstić information content (AvgIpc) is 2.79. The summed E-state index contributed by atoms with van der Waals surface area (Å²) in [6, 6.07) is 16.5. The Balaban J connectivity index is 1.72. The van der Waals surface area contributed by atoms with E-state index in [4.69, 9.17) is 15.2 Å². The van der Waals surface area contributed by atoms with Crippen molar-refractivity contribution in [3.63, 3.8) is 0 Å². The summed E-state index contributed by atoms with van der Waals surface area (Å²) in [5, 5.41) is 14.8. The van der Waals surface area contributed by atoms with Crippen LogP contribution in [0.5, 0.6) is 11.5 Å². The molecule has 1 amide bonds. The van der Waals surface area contributed by atoms with Crippen LogP contribution in [0.1, 0.15) is 28.4 Å². The van der Waals surface area contributed by atoms with E-state index in [1.54, 1.807) is 42.5 Å². The van der Waals surface area contributed by atoms with Gasteiger partial charge in [-0.3, -0.25) is 14.9 Å². The average molecular weight is 560 g/mol. The standard InChI is InChI=1S/C23H21IN4O5/c1-2-32-21-12-16(13-26-27-23(29)18-5-3-4-6-20(18)25)11-19(24)22(21)33-14-15-7-9-17(10-8-15)28(30)31/h3-13H,2,14,25H2,1H3,(H,27,29)/b26-13-. The van der Waals surface area contributed by atoms with E-state index < -0.39 is 10.8 Å². The number of anilines is 1. The highest BCUT2D eigenvalue weighted by Crippen LogP contribution is 2.34. The number of nitro benzene ring substituents is 1. The number of rotatable bonds is 9. The second-order valence-corrected chi connectivity index (χ2v) is 7.92. The number of nitrogens with zero attached hydrogens (tertiary/aromatic N) is 2. The van der Waals surface area contributed by atoms with Crippen molar-refractivity contribution < 1.29 is 19.2 Å². The van der Waals surface area contributed by atoms with Crippen molar-refractivity contribution in [1.29, 1.82) is 0 Å². The summed E-state index contributed by atoms with van der Waals surface area (Å²) in [5.41, 5.74) is 10.5. The van der Waals surface area contributed by atoms with E-state index in [0.29, 0.717) is 34.9 Å². The number of halogens is 1. The molecular formula is C23H21IN4O5. The van der Waals surface area contributed by atoms with Crippen molar-refractivity contribution in [3.8, 4) is 11.5 Å². The number of benzene rings is 3. The molecule has 0 aliphatic heterocycles. The van der Waals surface area contributed by atoms with Gasteiger partial charge < -0.3 is 15.2 Å². The number of hydrazone groups is 1. The Kier molecular flexibility index (Phi) is 8.19. The number of amides is 1. The highest BCUT2D eigenvalue weighted by atomic mass is 127. The lowest BCUT2D eigenvalue weighted by molar-refractivity contribution is -0.384. The minimum Gasteiger partial charge on any atom is -0.490 e. The number of nitrogen functional groups attached to an aromatic ring is 1. The fraction of sp³-hybridized carbons (Fsp3) is 0.130. The minimum atomic E-state index is -0.446. The summed E-state index contributed by atoms with van der Waals surface area (Å²) in [5.74, 6) is 0.660. The number of para-hydroxylation sites is 1. The first-order chi connectivity index (χ1) is 15.9. The fourth-order valence-electron chi connectivity index (χ4n) is 2.86. The van der Waals surface area contributed by atoms with E-state index in [-0.39, 0.29) is 12.3 Å². The molecule has 0 atom stereocenters. The van der Waals surface area contributed by atoms with Crippen LogP contribution in [0.15, 0.2) is 65.8 Å². The third kappa shape index (κ3) is 6.42. The summed E-state index contributed by atoms with van der Waals surface area (Å²) < 4.78 is 12.4. The molecule has 0 aromatic heterocycles. The number of hydrogen-bond acceptors (Lipinski definition) is 7. The quantitative estimate of drug-likeness (QED) is 0.130. The number of nitro groups is 1. The van der Waals surface area contributed by atoms with Gasteiger partial charge in [0.1, 0.15) is 6.61 Å². The smallest absolute Gasteiger partial charge is 0.273 e. The summed E-state index contributed by atoms with van der Waals surface area (Å²) >= 11 is 2.13. The molecule has 170 valence electrons. The largest absolute Gasteiger partial charge is 0.490 e. The van der Waals surface area contributed by atoms with Gasteiger partial charge in [-0.05, 0) is 77.0 Å².